The maximum atomic E-state index is 10.4. The van der Waals surface area contributed by atoms with Gasteiger partial charge in [0.25, 0.3) is 5.91 Å². The van der Waals surface area contributed by atoms with E-state index in [1.807, 2.05) is 5.32 Å². The van der Waals surface area contributed by atoms with Crippen molar-refractivity contribution < 1.29 is 9.59 Å². The highest BCUT2D eigenvalue weighted by Gasteiger charge is 2.03. The van der Waals surface area contributed by atoms with Gasteiger partial charge in [-0.2, -0.15) is 0 Å². The highest BCUT2D eigenvalue weighted by molar-refractivity contribution is 6.42. The third kappa shape index (κ3) is 3.73. The van der Waals surface area contributed by atoms with E-state index in [4.69, 9.17) is 11.6 Å². The zero-order valence-corrected chi connectivity index (χ0v) is 5.66. The van der Waals surface area contributed by atoms with E-state index in [1.54, 1.807) is 0 Å². The van der Waals surface area contributed by atoms with Crippen molar-refractivity contribution in [2.75, 3.05) is 0 Å². The third-order valence-corrected chi connectivity index (χ3v) is 0.708. The first-order chi connectivity index (χ1) is 4.04. The van der Waals surface area contributed by atoms with Crippen molar-refractivity contribution in [1.29, 1.82) is 0 Å². The summed E-state index contributed by atoms with van der Waals surface area (Å²) in [7, 11) is 0. The molecule has 0 heterocycles. The molecule has 3 nitrogen and oxygen atoms in total. The van der Waals surface area contributed by atoms with Gasteiger partial charge in [-0.15, -0.1) is 0 Å². The number of halogens is 1. The average Bonchev–Trinajstić information content (AvgIpc) is 1.63. The first kappa shape index (κ1) is 8.17. The van der Waals surface area contributed by atoms with E-state index in [9.17, 15) is 9.59 Å². The lowest BCUT2D eigenvalue weighted by Crippen LogP contribution is -2.27. The van der Waals surface area contributed by atoms with E-state index >= 15 is 0 Å². The second kappa shape index (κ2) is 3.25. The molecule has 0 atom stereocenters. The van der Waals surface area contributed by atoms with Crippen molar-refractivity contribution in [3.05, 3.63) is 11.6 Å². The van der Waals surface area contributed by atoms with Crippen molar-refractivity contribution in [3.8, 4) is 0 Å². The third-order valence-electron chi connectivity index (χ3n) is 0.536. The normalized spacial score (nSPS) is 8.22. The Morgan fingerprint density at radius 2 is 2.00 bits per heavy atom. The number of nitrogens with one attached hydrogen (secondary N) is 1. The molecular weight excluding hydrogens is 142 g/mol. The van der Waals surface area contributed by atoms with Crippen LogP contribution in [0.2, 0.25) is 0 Å². The van der Waals surface area contributed by atoms with Crippen molar-refractivity contribution in [2.24, 2.45) is 0 Å². The number of imide groups is 1. The van der Waals surface area contributed by atoms with Gasteiger partial charge in [0.1, 0.15) is 0 Å². The summed E-state index contributed by atoms with van der Waals surface area (Å²) in [5, 5.41) is 1.74. The molecule has 9 heavy (non-hydrogen) atoms. The standard InChI is InChI=1S/C5H6ClNO2/c1-3(6)5(9)7-4(2)8/h1H2,2H3,(H,7,8,9). The number of hydrogen-bond donors (Lipinski definition) is 1. The number of rotatable bonds is 1. The molecule has 0 aliphatic carbocycles. The maximum absolute atomic E-state index is 10.4. The molecule has 0 aromatic carbocycles. The second-order valence-corrected chi connectivity index (χ2v) is 1.87. The summed E-state index contributed by atoms with van der Waals surface area (Å²) < 4.78 is 0. The van der Waals surface area contributed by atoms with Crippen molar-refractivity contribution in [1.82, 2.24) is 5.32 Å². The van der Waals surface area contributed by atoms with Crippen LogP contribution in [0.5, 0.6) is 0 Å². The predicted molar refractivity (Wildman–Crippen MR) is 33.8 cm³/mol. The molecule has 0 aliphatic heterocycles. The van der Waals surface area contributed by atoms with Gasteiger partial charge in [0, 0.05) is 6.92 Å². The van der Waals surface area contributed by atoms with Crippen molar-refractivity contribution in [2.45, 2.75) is 6.92 Å². The zero-order chi connectivity index (χ0) is 7.44. The van der Waals surface area contributed by atoms with Gasteiger partial charge < -0.3 is 0 Å². The Labute approximate surface area is 57.7 Å². The minimum atomic E-state index is -0.649. The van der Waals surface area contributed by atoms with Crippen LogP contribution in [0.15, 0.2) is 11.6 Å². The monoisotopic (exact) mass is 147 g/mol. The number of hydrogen-bond acceptors (Lipinski definition) is 2. The summed E-state index contributed by atoms with van der Waals surface area (Å²) in [6.45, 7) is 4.33. The van der Waals surface area contributed by atoms with Crippen LogP contribution in [-0.2, 0) is 9.59 Å². The molecule has 0 spiro atoms. The molecule has 4 heteroatoms. The smallest absolute Gasteiger partial charge is 0.268 e. The molecule has 0 rings (SSSR count). The lowest BCUT2D eigenvalue weighted by atomic mass is 10.5. The van der Waals surface area contributed by atoms with Crippen LogP contribution in [0.3, 0.4) is 0 Å². The van der Waals surface area contributed by atoms with E-state index in [0.717, 1.165) is 0 Å². The van der Waals surface area contributed by atoms with Crippen molar-refractivity contribution in [3.63, 3.8) is 0 Å². The molecule has 1 N–H and O–H groups in total. The Balaban J connectivity index is 3.79. The lowest BCUT2D eigenvalue weighted by molar-refractivity contribution is -0.126. The lowest BCUT2D eigenvalue weighted by Gasteiger charge is -1.94. The average molecular weight is 148 g/mol. The molecule has 0 saturated carbocycles. The summed E-state index contributed by atoms with van der Waals surface area (Å²) in [6.07, 6.45) is 0. The quantitative estimate of drug-likeness (QED) is 0.546. The Morgan fingerprint density at radius 1 is 1.56 bits per heavy atom. The van der Waals surface area contributed by atoms with Gasteiger partial charge in [-0.25, -0.2) is 0 Å². The minimum Gasteiger partial charge on any atom is -0.292 e. The molecule has 50 valence electrons. The molecule has 0 unspecified atom stereocenters. The summed E-state index contributed by atoms with van der Waals surface area (Å²) in [5.41, 5.74) is 0. The van der Waals surface area contributed by atoms with Gasteiger partial charge >= 0.3 is 0 Å². The SMILES string of the molecule is C=C(Cl)C(=O)NC(C)=O. The molecule has 0 aromatic rings. The molecule has 0 saturated heterocycles. The van der Waals surface area contributed by atoms with E-state index in [1.165, 1.54) is 6.92 Å². The molecule has 0 aliphatic rings. The highest BCUT2D eigenvalue weighted by Crippen LogP contribution is 1.93. The summed E-state index contributed by atoms with van der Waals surface area (Å²) >= 11 is 5.11. The minimum absolute atomic E-state index is 0.190. The number of carbonyl (C=O) groups excluding carboxylic acids is 2. The van der Waals surface area contributed by atoms with Gasteiger partial charge in [0.2, 0.25) is 5.91 Å². The first-order valence-electron chi connectivity index (χ1n) is 2.20. The molecule has 0 aromatic heterocycles. The Kier molecular flexibility index (Phi) is 2.95. The van der Waals surface area contributed by atoms with E-state index < -0.39 is 11.8 Å². The van der Waals surface area contributed by atoms with Crippen LogP contribution in [-0.4, -0.2) is 11.8 Å². The highest BCUT2D eigenvalue weighted by atomic mass is 35.5. The Hall–Kier alpha value is -0.830. The fraction of sp³-hybridized carbons (Fsp3) is 0.200. The number of amides is 2. The molecule has 0 bridgehead atoms. The van der Waals surface area contributed by atoms with Crippen LogP contribution in [0.1, 0.15) is 6.92 Å². The topological polar surface area (TPSA) is 46.2 Å². The fourth-order valence-corrected chi connectivity index (χ4v) is 0.275. The van der Waals surface area contributed by atoms with Crippen LogP contribution in [0, 0.1) is 0 Å². The number of carbonyl (C=O) groups is 2. The molecular formula is C5H6ClNO2. The van der Waals surface area contributed by atoms with Gasteiger partial charge in [-0.3, -0.25) is 14.9 Å². The van der Waals surface area contributed by atoms with Gasteiger partial charge in [0.15, 0.2) is 0 Å². The largest absolute Gasteiger partial charge is 0.292 e. The maximum Gasteiger partial charge on any atom is 0.268 e. The summed E-state index contributed by atoms with van der Waals surface area (Å²) in [6, 6.07) is 0. The van der Waals surface area contributed by atoms with Gasteiger partial charge in [-0.05, 0) is 0 Å². The van der Waals surface area contributed by atoms with E-state index in [-0.39, 0.29) is 5.03 Å². The van der Waals surface area contributed by atoms with Crippen LogP contribution < -0.4 is 5.32 Å². The Bertz CT molecular complexity index is 164. The van der Waals surface area contributed by atoms with Crippen LogP contribution in [0.4, 0.5) is 0 Å². The molecule has 2 amide bonds. The van der Waals surface area contributed by atoms with E-state index in [0.29, 0.717) is 0 Å². The summed E-state index contributed by atoms with van der Waals surface area (Å²) in [4.78, 5) is 20.5. The fourth-order valence-electron chi connectivity index (χ4n) is 0.228. The van der Waals surface area contributed by atoms with Gasteiger partial charge in [0.05, 0.1) is 5.03 Å². The van der Waals surface area contributed by atoms with Crippen molar-refractivity contribution >= 4 is 23.4 Å². The molecule has 0 radical (unpaired) electrons. The second-order valence-electron chi connectivity index (χ2n) is 1.42. The van der Waals surface area contributed by atoms with Crippen LogP contribution in [0.25, 0.3) is 0 Å². The van der Waals surface area contributed by atoms with Crippen LogP contribution >= 0.6 is 11.6 Å². The first-order valence-corrected chi connectivity index (χ1v) is 2.58. The summed E-state index contributed by atoms with van der Waals surface area (Å²) in [5.74, 6) is -1.09. The Morgan fingerprint density at radius 3 is 2.11 bits per heavy atom. The molecule has 0 fully saturated rings. The zero-order valence-electron chi connectivity index (χ0n) is 4.90. The predicted octanol–water partition coefficient (Wildman–Crippen LogP) is 0.402. The van der Waals surface area contributed by atoms with Gasteiger partial charge in [-0.1, -0.05) is 18.2 Å². The van der Waals surface area contributed by atoms with E-state index in [2.05, 4.69) is 6.58 Å².